The third-order valence-corrected chi connectivity index (χ3v) is 6.65. The molecule has 4 aromatic heterocycles. The molecule has 0 spiro atoms. The Morgan fingerprint density at radius 2 is 1.92 bits per heavy atom. The number of rotatable bonds is 3. The number of aryl methyl sites for hydroxylation is 1. The van der Waals surface area contributed by atoms with E-state index in [-0.39, 0.29) is 23.7 Å². The van der Waals surface area contributed by atoms with Gasteiger partial charge < -0.3 is 18.9 Å². The predicted molar refractivity (Wildman–Crippen MR) is 140 cm³/mol. The summed E-state index contributed by atoms with van der Waals surface area (Å²) in [6.45, 7) is 10.0. The van der Waals surface area contributed by atoms with Gasteiger partial charge in [-0.05, 0) is 65.7 Å². The molecule has 1 saturated heterocycles. The molecule has 1 amide bonds. The standard InChI is InChI=1S/C27H32N6O4/c1-16-15-33-24(28-16)23(36-6)14-22(30-33)21-8-7-19-20(29-21)10-12-32(25(19)34)18-9-11-31(17(2)13-18)26(35)37-27(3,4)5/h7-8,10,12,14-15,17-18H,9,11,13H2,1-6H3/t17-,18-/m0/s1. The molecule has 5 rings (SSSR count). The zero-order valence-corrected chi connectivity index (χ0v) is 22.1. The minimum Gasteiger partial charge on any atom is -0.493 e. The molecule has 37 heavy (non-hydrogen) atoms. The van der Waals surface area contributed by atoms with Crippen LogP contribution in [0.15, 0.2) is 41.5 Å². The van der Waals surface area contributed by atoms with Crippen molar-refractivity contribution in [1.82, 2.24) is 29.0 Å². The monoisotopic (exact) mass is 504 g/mol. The fourth-order valence-corrected chi connectivity index (χ4v) is 4.90. The highest BCUT2D eigenvalue weighted by Crippen LogP contribution is 2.29. The zero-order chi connectivity index (χ0) is 26.5. The first kappa shape index (κ1) is 24.7. The van der Waals surface area contributed by atoms with Crippen molar-refractivity contribution >= 4 is 22.6 Å². The highest BCUT2D eigenvalue weighted by atomic mass is 16.6. The van der Waals surface area contributed by atoms with Crippen LogP contribution in [0.4, 0.5) is 4.79 Å². The summed E-state index contributed by atoms with van der Waals surface area (Å²) in [6, 6.07) is 7.22. The number of amides is 1. The molecule has 0 unspecified atom stereocenters. The average molecular weight is 505 g/mol. The van der Waals surface area contributed by atoms with Crippen molar-refractivity contribution in [1.29, 1.82) is 0 Å². The Morgan fingerprint density at radius 1 is 1.14 bits per heavy atom. The molecule has 5 heterocycles. The first-order chi connectivity index (χ1) is 17.5. The molecule has 1 aliphatic heterocycles. The number of carbonyl (C=O) groups excluding carboxylic acids is 1. The fraction of sp³-hybridized carbons (Fsp3) is 0.444. The summed E-state index contributed by atoms with van der Waals surface area (Å²) in [5.74, 6) is 0.599. The number of carbonyl (C=O) groups is 1. The summed E-state index contributed by atoms with van der Waals surface area (Å²) in [7, 11) is 1.60. The Balaban J connectivity index is 1.42. The maximum absolute atomic E-state index is 13.4. The van der Waals surface area contributed by atoms with Crippen LogP contribution in [0.5, 0.6) is 5.75 Å². The van der Waals surface area contributed by atoms with Crippen molar-refractivity contribution in [2.24, 2.45) is 0 Å². The van der Waals surface area contributed by atoms with Crippen molar-refractivity contribution in [2.75, 3.05) is 13.7 Å². The molecule has 1 fully saturated rings. The van der Waals surface area contributed by atoms with Gasteiger partial charge in [-0.25, -0.2) is 19.3 Å². The van der Waals surface area contributed by atoms with Gasteiger partial charge in [0.1, 0.15) is 11.3 Å². The molecule has 0 saturated carbocycles. The van der Waals surface area contributed by atoms with Gasteiger partial charge in [-0.2, -0.15) is 5.10 Å². The van der Waals surface area contributed by atoms with E-state index in [1.807, 2.05) is 46.9 Å². The number of pyridine rings is 2. The number of imidazole rings is 1. The molecular formula is C27H32N6O4. The van der Waals surface area contributed by atoms with Gasteiger partial charge in [0.05, 0.1) is 35.6 Å². The van der Waals surface area contributed by atoms with Gasteiger partial charge in [0.2, 0.25) is 0 Å². The molecule has 0 N–H and O–H groups in total. The third kappa shape index (κ3) is 4.75. The number of methoxy groups -OCH3 is 1. The van der Waals surface area contributed by atoms with E-state index in [4.69, 9.17) is 14.5 Å². The molecule has 0 aliphatic carbocycles. The smallest absolute Gasteiger partial charge is 0.410 e. The molecule has 10 heteroatoms. The molecule has 0 radical (unpaired) electrons. The lowest BCUT2D eigenvalue weighted by Gasteiger charge is -2.38. The number of aromatic nitrogens is 5. The molecule has 10 nitrogen and oxygen atoms in total. The Morgan fingerprint density at radius 3 is 2.62 bits per heavy atom. The second-order valence-corrected chi connectivity index (χ2v) is 10.6. The third-order valence-electron chi connectivity index (χ3n) is 6.65. The first-order valence-corrected chi connectivity index (χ1v) is 12.5. The van der Waals surface area contributed by atoms with Gasteiger partial charge >= 0.3 is 6.09 Å². The van der Waals surface area contributed by atoms with Crippen LogP contribution in [-0.4, -0.2) is 60.4 Å². The summed E-state index contributed by atoms with van der Waals surface area (Å²) >= 11 is 0. The van der Waals surface area contributed by atoms with Crippen LogP contribution in [-0.2, 0) is 4.74 Å². The molecule has 194 valence electrons. The Labute approximate surface area is 214 Å². The van der Waals surface area contributed by atoms with Gasteiger partial charge in [0, 0.05) is 30.9 Å². The van der Waals surface area contributed by atoms with Crippen LogP contribution in [0, 0.1) is 6.92 Å². The molecule has 0 aromatic carbocycles. The molecule has 0 bridgehead atoms. The van der Waals surface area contributed by atoms with Crippen molar-refractivity contribution in [3.8, 4) is 17.1 Å². The van der Waals surface area contributed by atoms with Gasteiger partial charge in [0.15, 0.2) is 11.4 Å². The van der Waals surface area contributed by atoms with E-state index < -0.39 is 5.60 Å². The van der Waals surface area contributed by atoms with E-state index >= 15 is 0 Å². The number of hydrogen-bond acceptors (Lipinski definition) is 7. The van der Waals surface area contributed by atoms with E-state index in [0.717, 1.165) is 5.69 Å². The predicted octanol–water partition coefficient (Wildman–Crippen LogP) is 4.38. The van der Waals surface area contributed by atoms with Crippen LogP contribution < -0.4 is 10.3 Å². The van der Waals surface area contributed by atoms with Gasteiger partial charge in [-0.15, -0.1) is 0 Å². The largest absolute Gasteiger partial charge is 0.493 e. The first-order valence-electron chi connectivity index (χ1n) is 12.5. The Hall–Kier alpha value is -3.95. The number of piperidine rings is 1. The van der Waals surface area contributed by atoms with Crippen LogP contribution >= 0.6 is 0 Å². The summed E-state index contributed by atoms with van der Waals surface area (Å²) in [4.78, 5) is 36.9. The summed E-state index contributed by atoms with van der Waals surface area (Å²) in [5, 5.41) is 5.17. The summed E-state index contributed by atoms with van der Waals surface area (Å²) < 4.78 is 14.5. The van der Waals surface area contributed by atoms with Crippen LogP contribution in [0.3, 0.4) is 0 Å². The number of likely N-dealkylation sites (tertiary alicyclic amines) is 1. The highest BCUT2D eigenvalue weighted by Gasteiger charge is 2.33. The second-order valence-electron chi connectivity index (χ2n) is 10.6. The number of nitrogens with zero attached hydrogens (tertiary/aromatic N) is 6. The average Bonchev–Trinajstić information content (AvgIpc) is 3.22. The van der Waals surface area contributed by atoms with E-state index in [1.165, 1.54) is 0 Å². The maximum Gasteiger partial charge on any atom is 0.410 e. The van der Waals surface area contributed by atoms with Crippen molar-refractivity contribution in [3.63, 3.8) is 0 Å². The van der Waals surface area contributed by atoms with Crippen molar-refractivity contribution in [2.45, 2.75) is 65.1 Å². The van der Waals surface area contributed by atoms with E-state index in [0.29, 0.717) is 53.1 Å². The molecule has 4 aromatic rings. The number of hydrogen-bond donors (Lipinski definition) is 0. The number of fused-ring (bicyclic) bond motifs is 2. The Bertz CT molecular complexity index is 1550. The quantitative estimate of drug-likeness (QED) is 0.408. The van der Waals surface area contributed by atoms with E-state index in [9.17, 15) is 9.59 Å². The van der Waals surface area contributed by atoms with Gasteiger partial charge in [-0.3, -0.25) is 4.79 Å². The van der Waals surface area contributed by atoms with Crippen LogP contribution in [0.2, 0.25) is 0 Å². The molecule has 1 aliphatic rings. The van der Waals surface area contributed by atoms with E-state index in [2.05, 4.69) is 10.1 Å². The van der Waals surface area contributed by atoms with Crippen LogP contribution in [0.25, 0.3) is 27.9 Å². The normalized spacial score (nSPS) is 18.4. The lowest BCUT2D eigenvalue weighted by molar-refractivity contribution is 0.00773. The topological polar surface area (TPSA) is 104 Å². The Kier molecular flexibility index (Phi) is 6.13. The van der Waals surface area contributed by atoms with E-state index in [1.54, 1.807) is 45.5 Å². The van der Waals surface area contributed by atoms with Gasteiger partial charge in [-0.1, -0.05) is 0 Å². The lowest BCUT2D eigenvalue weighted by Crippen LogP contribution is -2.47. The lowest BCUT2D eigenvalue weighted by atomic mass is 9.98. The fourth-order valence-electron chi connectivity index (χ4n) is 4.90. The minimum atomic E-state index is -0.543. The van der Waals surface area contributed by atoms with Crippen LogP contribution in [0.1, 0.15) is 52.3 Å². The minimum absolute atomic E-state index is 0.0110. The maximum atomic E-state index is 13.4. The van der Waals surface area contributed by atoms with Crippen molar-refractivity contribution in [3.05, 3.63) is 52.7 Å². The molecule has 2 atom stereocenters. The highest BCUT2D eigenvalue weighted by molar-refractivity contribution is 5.80. The zero-order valence-electron chi connectivity index (χ0n) is 22.1. The summed E-state index contributed by atoms with van der Waals surface area (Å²) in [6.07, 6.45) is 4.67. The van der Waals surface area contributed by atoms with Crippen molar-refractivity contribution < 1.29 is 14.3 Å². The summed E-state index contributed by atoms with van der Waals surface area (Å²) in [5.41, 5.74) is 2.69. The number of ether oxygens (including phenoxy) is 2. The SMILES string of the molecule is COc1cc(-c2ccc3c(=O)n([C@H]4CCN(C(=O)OC(C)(C)C)[C@@H](C)C4)ccc3n2)nn2cc(C)nc12. The second kappa shape index (κ2) is 9.17. The van der Waals surface area contributed by atoms with Gasteiger partial charge in [0.25, 0.3) is 5.56 Å². The molecular weight excluding hydrogens is 472 g/mol.